The first kappa shape index (κ1) is 21.4. The Balaban J connectivity index is 2.16. The van der Waals surface area contributed by atoms with Crippen LogP contribution in [-0.2, 0) is 19.4 Å². The molecule has 0 aliphatic rings. The van der Waals surface area contributed by atoms with Crippen LogP contribution in [0.3, 0.4) is 0 Å². The number of benzene rings is 2. The average molecular weight is 405 g/mol. The van der Waals surface area contributed by atoms with Crippen LogP contribution in [0.2, 0.25) is 0 Å². The van der Waals surface area contributed by atoms with E-state index in [1.807, 2.05) is 0 Å². The van der Waals surface area contributed by atoms with Crippen LogP contribution >= 0.6 is 0 Å². The van der Waals surface area contributed by atoms with E-state index in [4.69, 9.17) is 9.47 Å². The zero-order valence-corrected chi connectivity index (χ0v) is 16.6. The van der Waals surface area contributed by atoms with Crippen molar-refractivity contribution in [2.75, 3.05) is 24.3 Å². The predicted octanol–water partition coefficient (Wildman–Crippen LogP) is 3.06. The summed E-state index contributed by atoms with van der Waals surface area (Å²) in [5.41, 5.74) is 0.489. The highest BCUT2D eigenvalue weighted by Crippen LogP contribution is 2.21. The normalized spacial score (nSPS) is 10.9. The molecule has 0 saturated heterocycles. The minimum atomic E-state index is -3.55. The summed E-state index contributed by atoms with van der Waals surface area (Å²) in [6.07, 6.45) is 0.456. The molecule has 1 N–H and O–H groups in total. The number of nitrogens with one attached hydrogen (secondary N) is 1. The molecule has 2 aromatic rings. The van der Waals surface area contributed by atoms with Crippen molar-refractivity contribution in [3.05, 3.63) is 54.1 Å². The molecule has 8 heteroatoms. The van der Waals surface area contributed by atoms with Gasteiger partial charge in [-0.25, -0.2) is 13.2 Å². The van der Waals surface area contributed by atoms with Crippen LogP contribution in [0.1, 0.15) is 30.6 Å². The molecule has 28 heavy (non-hydrogen) atoms. The molecule has 0 aromatic heterocycles. The van der Waals surface area contributed by atoms with Gasteiger partial charge in [0.2, 0.25) is 0 Å². The van der Waals surface area contributed by atoms with Gasteiger partial charge in [0.25, 0.3) is 5.91 Å². The van der Waals surface area contributed by atoms with E-state index in [0.29, 0.717) is 17.9 Å². The van der Waals surface area contributed by atoms with Crippen LogP contribution in [0.5, 0.6) is 5.75 Å². The summed E-state index contributed by atoms with van der Waals surface area (Å²) in [7, 11) is -3.55. The summed E-state index contributed by atoms with van der Waals surface area (Å²) in [5, 5.41) is 2.67. The first-order valence-electron chi connectivity index (χ1n) is 8.89. The number of esters is 1. The lowest BCUT2D eigenvalue weighted by Gasteiger charge is -2.12. The van der Waals surface area contributed by atoms with E-state index in [1.165, 1.54) is 12.1 Å². The van der Waals surface area contributed by atoms with E-state index in [-0.39, 0.29) is 29.4 Å². The van der Waals surface area contributed by atoms with Crippen molar-refractivity contribution in [1.29, 1.82) is 0 Å². The second-order valence-electron chi connectivity index (χ2n) is 5.89. The maximum Gasteiger partial charge on any atom is 0.344 e. The van der Waals surface area contributed by atoms with Crippen molar-refractivity contribution in [1.82, 2.24) is 0 Å². The van der Waals surface area contributed by atoms with E-state index in [1.54, 1.807) is 50.2 Å². The molecule has 1 amide bonds. The van der Waals surface area contributed by atoms with E-state index >= 15 is 0 Å². The Morgan fingerprint density at radius 2 is 1.79 bits per heavy atom. The Bertz CT molecular complexity index is 939. The molecule has 150 valence electrons. The van der Waals surface area contributed by atoms with Gasteiger partial charge >= 0.3 is 5.97 Å². The molecular formula is C20H23NO6S. The van der Waals surface area contributed by atoms with E-state index in [2.05, 4.69) is 5.32 Å². The van der Waals surface area contributed by atoms with Crippen LogP contribution in [0, 0.1) is 0 Å². The summed E-state index contributed by atoms with van der Waals surface area (Å²) in [6.45, 7) is 3.48. The number of hydrogen-bond acceptors (Lipinski definition) is 6. The van der Waals surface area contributed by atoms with Crippen molar-refractivity contribution >= 4 is 27.4 Å². The number of hydrogen-bond donors (Lipinski definition) is 1. The SMILES string of the molecule is CCCS(=O)(=O)c1ccccc1C(=O)Nc1cccc(OCC(=O)OCC)c1. The highest BCUT2D eigenvalue weighted by atomic mass is 32.2. The molecular weight excluding hydrogens is 382 g/mol. The number of rotatable bonds is 9. The number of carbonyl (C=O) groups is 2. The van der Waals surface area contributed by atoms with Crippen molar-refractivity contribution in [3.8, 4) is 5.75 Å². The van der Waals surface area contributed by atoms with Gasteiger partial charge in [-0.15, -0.1) is 0 Å². The Morgan fingerprint density at radius 1 is 1.04 bits per heavy atom. The fourth-order valence-electron chi connectivity index (χ4n) is 2.51. The number of amides is 1. The van der Waals surface area contributed by atoms with Crippen molar-refractivity contribution in [2.24, 2.45) is 0 Å². The standard InChI is InChI=1S/C20H23NO6S/c1-3-12-28(24,25)18-11-6-5-10-17(18)20(23)21-15-8-7-9-16(13-15)27-14-19(22)26-4-2/h5-11,13H,3-4,12,14H2,1-2H3,(H,21,23). The number of carbonyl (C=O) groups excluding carboxylic acids is 2. The maximum atomic E-state index is 12.7. The van der Waals surface area contributed by atoms with Crippen LogP contribution in [-0.4, -0.2) is 39.3 Å². The van der Waals surface area contributed by atoms with E-state index in [9.17, 15) is 18.0 Å². The Labute approximate surface area is 164 Å². The molecule has 0 heterocycles. The van der Waals surface area contributed by atoms with Gasteiger partial charge in [-0.1, -0.05) is 25.1 Å². The topological polar surface area (TPSA) is 98.8 Å². The molecule has 7 nitrogen and oxygen atoms in total. The summed E-state index contributed by atoms with van der Waals surface area (Å²) in [4.78, 5) is 24.0. The number of anilines is 1. The van der Waals surface area contributed by atoms with Crippen LogP contribution < -0.4 is 10.1 Å². The monoisotopic (exact) mass is 405 g/mol. The van der Waals surface area contributed by atoms with Crippen LogP contribution in [0.25, 0.3) is 0 Å². The van der Waals surface area contributed by atoms with Crippen molar-refractivity contribution in [3.63, 3.8) is 0 Å². The molecule has 0 fully saturated rings. The summed E-state index contributed by atoms with van der Waals surface area (Å²) >= 11 is 0. The van der Waals surface area contributed by atoms with Crippen LogP contribution in [0.4, 0.5) is 5.69 Å². The third-order valence-corrected chi connectivity index (χ3v) is 5.67. The third-order valence-electron chi connectivity index (χ3n) is 3.69. The smallest absolute Gasteiger partial charge is 0.344 e. The lowest BCUT2D eigenvalue weighted by atomic mass is 10.2. The third kappa shape index (κ3) is 5.82. The molecule has 0 saturated carbocycles. The summed E-state index contributed by atoms with van der Waals surface area (Å²) < 4.78 is 35.0. The summed E-state index contributed by atoms with van der Waals surface area (Å²) in [6, 6.07) is 12.6. The van der Waals surface area contributed by atoms with E-state index in [0.717, 1.165) is 0 Å². The molecule has 0 unspecified atom stereocenters. The van der Waals surface area contributed by atoms with Gasteiger partial charge in [-0.2, -0.15) is 0 Å². The molecule has 0 aliphatic heterocycles. The van der Waals surface area contributed by atoms with E-state index < -0.39 is 21.7 Å². The quantitative estimate of drug-likeness (QED) is 0.644. The molecule has 2 aromatic carbocycles. The molecule has 0 radical (unpaired) electrons. The van der Waals surface area contributed by atoms with Gasteiger partial charge in [0, 0.05) is 11.8 Å². The second kappa shape index (κ2) is 9.89. The fourth-order valence-corrected chi connectivity index (χ4v) is 4.05. The molecule has 0 bridgehead atoms. The molecule has 2 rings (SSSR count). The van der Waals surface area contributed by atoms with Gasteiger partial charge in [-0.05, 0) is 37.6 Å². The maximum absolute atomic E-state index is 12.7. The lowest BCUT2D eigenvalue weighted by molar-refractivity contribution is -0.145. The largest absolute Gasteiger partial charge is 0.482 e. The number of ether oxygens (including phenoxy) is 2. The van der Waals surface area contributed by atoms with Crippen LogP contribution in [0.15, 0.2) is 53.4 Å². The van der Waals surface area contributed by atoms with Gasteiger partial charge in [0.15, 0.2) is 16.4 Å². The van der Waals surface area contributed by atoms with Crippen molar-refractivity contribution < 1.29 is 27.5 Å². The first-order chi connectivity index (χ1) is 13.4. The Kier molecular flexibility index (Phi) is 7.57. The zero-order valence-electron chi connectivity index (χ0n) is 15.8. The van der Waals surface area contributed by atoms with Gasteiger partial charge < -0.3 is 14.8 Å². The van der Waals surface area contributed by atoms with Gasteiger partial charge in [0.1, 0.15) is 5.75 Å². The highest BCUT2D eigenvalue weighted by molar-refractivity contribution is 7.91. The summed E-state index contributed by atoms with van der Waals surface area (Å²) in [5.74, 6) is -0.698. The number of sulfone groups is 1. The molecule has 0 spiro atoms. The Morgan fingerprint density at radius 3 is 2.50 bits per heavy atom. The Hall–Kier alpha value is -2.87. The second-order valence-corrected chi connectivity index (χ2v) is 7.97. The minimum Gasteiger partial charge on any atom is -0.482 e. The zero-order chi connectivity index (χ0) is 20.6. The predicted molar refractivity (Wildman–Crippen MR) is 105 cm³/mol. The minimum absolute atomic E-state index is 0.00376. The fraction of sp³-hybridized carbons (Fsp3) is 0.300. The van der Waals surface area contributed by atoms with Gasteiger partial charge in [0.05, 0.1) is 22.8 Å². The average Bonchev–Trinajstić information content (AvgIpc) is 2.67. The molecule has 0 aliphatic carbocycles. The van der Waals surface area contributed by atoms with Crippen molar-refractivity contribution in [2.45, 2.75) is 25.2 Å². The molecule has 0 atom stereocenters. The highest BCUT2D eigenvalue weighted by Gasteiger charge is 2.21. The lowest BCUT2D eigenvalue weighted by Crippen LogP contribution is -2.18. The van der Waals surface area contributed by atoms with Gasteiger partial charge in [-0.3, -0.25) is 4.79 Å². The first-order valence-corrected chi connectivity index (χ1v) is 10.5.